The molecule has 5 N–H and O–H groups in total. The van der Waals surface area contributed by atoms with Crippen LogP contribution in [0.5, 0.6) is 0 Å². The van der Waals surface area contributed by atoms with Crippen molar-refractivity contribution >= 4 is 27.2 Å². The van der Waals surface area contributed by atoms with Gasteiger partial charge >= 0.3 is 0 Å². The van der Waals surface area contributed by atoms with Crippen molar-refractivity contribution in [3.05, 3.63) is 34.6 Å². The van der Waals surface area contributed by atoms with Gasteiger partial charge in [0, 0.05) is 7.05 Å². The molecule has 0 unspecified atom stereocenters. The Bertz CT molecular complexity index is 816. The summed E-state index contributed by atoms with van der Waals surface area (Å²) in [5.74, 6) is 0.0995. The molecule has 0 atom stereocenters. The molecule has 0 saturated heterocycles. The second-order valence-corrected chi connectivity index (χ2v) is 5.54. The lowest BCUT2D eigenvalue weighted by Gasteiger charge is -1.97. The summed E-state index contributed by atoms with van der Waals surface area (Å²) in [6.45, 7) is 0. The van der Waals surface area contributed by atoms with Gasteiger partial charge in [-0.05, 0) is 24.3 Å². The number of hydrogen-bond acceptors (Lipinski definition) is 6. The number of hydrogen-bond donors (Lipinski definition) is 3. The molecule has 1 aromatic heterocycles. The molecule has 0 aliphatic heterocycles. The molecule has 0 radical (unpaired) electrons. The molecular formula is C10H12N6O3S. The average molecular weight is 296 g/mol. The summed E-state index contributed by atoms with van der Waals surface area (Å²) in [6, 6.07) is 5.41. The first-order valence-electron chi connectivity index (χ1n) is 5.38. The molecule has 0 bridgehead atoms. The molecule has 0 spiro atoms. The van der Waals surface area contributed by atoms with Crippen molar-refractivity contribution in [3.63, 3.8) is 0 Å². The van der Waals surface area contributed by atoms with Crippen molar-refractivity contribution in [1.82, 2.24) is 9.78 Å². The Labute approximate surface area is 114 Å². The molecule has 0 aliphatic carbocycles. The summed E-state index contributed by atoms with van der Waals surface area (Å²) in [4.78, 5) is 11.6. The van der Waals surface area contributed by atoms with E-state index in [0.717, 1.165) is 0 Å². The van der Waals surface area contributed by atoms with E-state index in [0.29, 0.717) is 5.69 Å². The number of aromatic amines is 1. The van der Waals surface area contributed by atoms with Gasteiger partial charge in [-0.3, -0.25) is 14.6 Å². The van der Waals surface area contributed by atoms with Crippen molar-refractivity contribution in [2.45, 2.75) is 4.90 Å². The van der Waals surface area contributed by atoms with Crippen molar-refractivity contribution < 1.29 is 8.42 Å². The lowest BCUT2D eigenvalue weighted by Crippen LogP contribution is -2.11. The van der Waals surface area contributed by atoms with Crippen molar-refractivity contribution in [3.8, 4) is 0 Å². The molecule has 1 heterocycles. The number of aromatic nitrogens is 2. The predicted octanol–water partition coefficient (Wildman–Crippen LogP) is 0.358. The van der Waals surface area contributed by atoms with Crippen LogP contribution in [-0.2, 0) is 17.1 Å². The highest BCUT2D eigenvalue weighted by molar-refractivity contribution is 7.89. The zero-order valence-electron chi connectivity index (χ0n) is 10.4. The Hall–Kier alpha value is -2.46. The van der Waals surface area contributed by atoms with Crippen LogP contribution in [0.2, 0.25) is 0 Å². The van der Waals surface area contributed by atoms with Crippen LogP contribution >= 0.6 is 0 Å². The number of nitrogen functional groups attached to an aromatic ring is 1. The fraction of sp³-hybridized carbons (Fsp3) is 0.100. The summed E-state index contributed by atoms with van der Waals surface area (Å²) in [7, 11) is -2.25. The van der Waals surface area contributed by atoms with Gasteiger partial charge < -0.3 is 5.73 Å². The number of nitrogens with two attached hydrogens (primary N) is 2. The first-order chi connectivity index (χ1) is 9.29. The third kappa shape index (κ3) is 2.75. The van der Waals surface area contributed by atoms with E-state index in [1.54, 1.807) is 0 Å². The van der Waals surface area contributed by atoms with Crippen LogP contribution < -0.4 is 16.4 Å². The highest BCUT2D eigenvalue weighted by Crippen LogP contribution is 2.20. The number of rotatable bonds is 3. The number of benzene rings is 1. The molecule has 2 aromatic rings. The van der Waals surface area contributed by atoms with E-state index in [1.807, 2.05) is 0 Å². The van der Waals surface area contributed by atoms with Gasteiger partial charge in [-0.25, -0.2) is 13.6 Å². The van der Waals surface area contributed by atoms with Gasteiger partial charge in [0.05, 0.1) is 10.6 Å². The van der Waals surface area contributed by atoms with Gasteiger partial charge in [0.25, 0.3) is 5.56 Å². The number of azo groups is 1. The second kappa shape index (κ2) is 4.90. The minimum absolute atomic E-state index is 0.0111. The van der Waals surface area contributed by atoms with E-state index in [2.05, 4.69) is 15.3 Å². The van der Waals surface area contributed by atoms with E-state index < -0.39 is 15.6 Å². The largest absolute Gasteiger partial charge is 0.382 e. The summed E-state index contributed by atoms with van der Waals surface area (Å²) >= 11 is 0. The van der Waals surface area contributed by atoms with Crippen molar-refractivity contribution in [2.75, 3.05) is 5.73 Å². The first kappa shape index (κ1) is 14.0. The fourth-order valence-corrected chi connectivity index (χ4v) is 1.98. The normalized spacial score (nSPS) is 12.1. The predicted molar refractivity (Wildman–Crippen MR) is 72.4 cm³/mol. The number of primary sulfonamides is 1. The monoisotopic (exact) mass is 296 g/mol. The van der Waals surface area contributed by atoms with Crippen LogP contribution in [-0.4, -0.2) is 18.2 Å². The maximum absolute atomic E-state index is 11.6. The molecule has 0 saturated carbocycles. The zero-order chi connectivity index (χ0) is 14.9. The fourth-order valence-electron chi connectivity index (χ4n) is 1.47. The van der Waals surface area contributed by atoms with Gasteiger partial charge in [-0.2, -0.15) is 5.11 Å². The first-order valence-corrected chi connectivity index (χ1v) is 6.93. The maximum atomic E-state index is 11.6. The van der Waals surface area contributed by atoms with Crippen LogP contribution in [0.1, 0.15) is 0 Å². The van der Waals surface area contributed by atoms with Crippen molar-refractivity contribution in [2.24, 2.45) is 22.4 Å². The average Bonchev–Trinajstić information content (AvgIpc) is 2.61. The summed E-state index contributed by atoms with van der Waals surface area (Å²) in [5.41, 5.74) is 5.50. The Morgan fingerprint density at radius 3 is 2.25 bits per heavy atom. The van der Waals surface area contributed by atoms with Gasteiger partial charge in [-0.1, -0.05) is 0 Å². The molecule has 106 valence electrons. The van der Waals surface area contributed by atoms with Crippen LogP contribution in [0.25, 0.3) is 0 Å². The van der Waals surface area contributed by atoms with Gasteiger partial charge in [0.15, 0.2) is 5.69 Å². The van der Waals surface area contributed by atoms with Gasteiger partial charge in [0.2, 0.25) is 10.0 Å². The number of sulfonamides is 1. The van der Waals surface area contributed by atoms with Crippen LogP contribution in [0.15, 0.2) is 44.2 Å². The van der Waals surface area contributed by atoms with Crippen LogP contribution in [0.4, 0.5) is 17.2 Å². The van der Waals surface area contributed by atoms with E-state index in [-0.39, 0.29) is 16.4 Å². The summed E-state index contributed by atoms with van der Waals surface area (Å²) in [5, 5.41) is 15.1. The van der Waals surface area contributed by atoms with E-state index >= 15 is 0 Å². The number of nitrogens with zero attached hydrogens (tertiary/aromatic N) is 3. The Balaban J connectivity index is 2.31. The Morgan fingerprint density at radius 1 is 1.20 bits per heavy atom. The highest BCUT2D eigenvalue weighted by Gasteiger charge is 2.09. The minimum atomic E-state index is -3.75. The molecule has 9 nitrogen and oxygen atoms in total. The van der Waals surface area contributed by atoms with E-state index in [4.69, 9.17) is 10.9 Å². The highest BCUT2D eigenvalue weighted by atomic mass is 32.2. The molecule has 0 fully saturated rings. The van der Waals surface area contributed by atoms with Crippen molar-refractivity contribution in [1.29, 1.82) is 0 Å². The second-order valence-electron chi connectivity index (χ2n) is 3.98. The lowest BCUT2D eigenvalue weighted by atomic mass is 10.3. The number of aryl methyl sites for hydroxylation is 1. The number of nitrogens with one attached hydrogen (secondary N) is 1. The van der Waals surface area contributed by atoms with E-state index in [9.17, 15) is 13.2 Å². The summed E-state index contributed by atoms with van der Waals surface area (Å²) < 4.78 is 23.3. The third-order valence-corrected chi connectivity index (χ3v) is 3.41. The minimum Gasteiger partial charge on any atom is -0.382 e. The standard InChI is InChI=1S/C10H12N6O3S/c1-16-10(17)8(9(11)15-16)14-13-6-2-4-7(5-3-6)20(12,18)19/h2-5,15H,11H2,1H3,(H2,12,18,19). The molecule has 10 heteroatoms. The molecular weight excluding hydrogens is 284 g/mol. The quantitative estimate of drug-likeness (QED) is 0.701. The lowest BCUT2D eigenvalue weighted by molar-refractivity contribution is 0.598. The van der Waals surface area contributed by atoms with Gasteiger partial charge in [0.1, 0.15) is 5.82 Å². The third-order valence-electron chi connectivity index (χ3n) is 2.48. The van der Waals surface area contributed by atoms with Crippen LogP contribution in [0, 0.1) is 0 Å². The number of H-pyrrole nitrogens is 1. The topological polar surface area (TPSA) is 149 Å². The molecule has 20 heavy (non-hydrogen) atoms. The molecule has 0 amide bonds. The molecule has 1 aromatic carbocycles. The molecule has 2 rings (SSSR count). The van der Waals surface area contributed by atoms with Crippen LogP contribution in [0.3, 0.4) is 0 Å². The SMILES string of the molecule is Cn1[nH]c(N)c(N=Nc2ccc(S(N)(=O)=O)cc2)c1=O. The van der Waals surface area contributed by atoms with Gasteiger partial charge in [-0.15, -0.1) is 5.11 Å². The molecule has 0 aliphatic rings. The maximum Gasteiger partial charge on any atom is 0.296 e. The zero-order valence-corrected chi connectivity index (χ0v) is 11.3. The Kier molecular flexibility index (Phi) is 3.42. The summed E-state index contributed by atoms with van der Waals surface area (Å²) in [6.07, 6.45) is 0. The van der Waals surface area contributed by atoms with E-state index in [1.165, 1.54) is 36.0 Å². The Morgan fingerprint density at radius 2 is 1.80 bits per heavy atom. The smallest absolute Gasteiger partial charge is 0.296 e. The number of anilines is 1.